The van der Waals surface area contributed by atoms with Crippen LogP contribution in [0.2, 0.25) is 0 Å². The summed E-state index contributed by atoms with van der Waals surface area (Å²) in [6, 6.07) is 5.40. The van der Waals surface area contributed by atoms with Crippen molar-refractivity contribution in [3.05, 3.63) is 62.6 Å². The van der Waals surface area contributed by atoms with E-state index in [0.29, 0.717) is 33.8 Å². The average Bonchev–Trinajstić information content (AvgIpc) is 2.79. The van der Waals surface area contributed by atoms with Crippen molar-refractivity contribution in [2.45, 2.75) is 34.3 Å². The number of para-hydroxylation sites is 1. The fourth-order valence-corrected chi connectivity index (χ4v) is 2.72. The normalized spacial score (nSPS) is 11.0. The van der Waals surface area contributed by atoms with Crippen LogP contribution in [0.5, 0.6) is 0 Å². The van der Waals surface area contributed by atoms with Gasteiger partial charge in [0, 0.05) is 5.56 Å². The summed E-state index contributed by atoms with van der Waals surface area (Å²) < 4.78 is 10.7. The Kier molecular flexibility index (Phi) is 3.97. The SMILES string of the molecule is Cc1oc(C)c(C(=O)OCc2nc3c(C)cccc3c(=O)[nH]2)c1C. The van der Waals surface area contributed by atoms with E-state index in [9.17, 15) is 9.59 Å². The summed E-state index contributed by atoms with van der Waals surface area (Å²) in [4.78, 5) is 31.5. The van der Waals surface area contributed by atoms with E-state index in [1.807, 2.05) is 19.9 Å². The highest BCUT2D eigenvalue weighted by atomic mass is 16.5. The maximum absolute atomic E-state index is 12.3. The van der Waals surface area contributed by atoms with Crippen LogP contribution in [-0.2, 0) is 11.3 Å². The van der Waals surface area contributed by atoms with Gasteiger partial charge in [0.2, 0.25) is 0 Å². The summed E-state index contributed by atoms with van der Waals surface area (Å²) in [5, 5.41) is 0.516. The van der Waals surface area contributed by atoms with Gasteiger partial charge >= 0.3 is 5.97 Å². The van der Waals surface area contributed by atoms with Crippen molar-refractivity contribution in [2.75, 3.05) is 0 Å². The van der Waals surface area contributed by atoms with Crippen LogP contribution >= 0.6 is 0 Å². The minimum absolute atomic E-state index is 0.110. The van der Waals surface area contributed by atoms with Crippen LogP contribution in [0.3, 0.4) is 0 Å². The second-order valence-electron chi connectivity index (χ2n) is 5.77. The number of aryl methyl sites for hydroxylation is 3. The molecular formula is C18H18N2O4. The van der Waals surface area contributed by atoms with Crippen LogP contribution in [0.25, 0.3) is 10.9 Å². The number of carbonyl (C=O) groups is 1. The number of nitrogens with zero attached hydrogens (tertiary/aromatic N) is 1. The van der Waals surface area contributed by atoms with Gasteiger partial charge in [-0.25, -0.2) is 9.78 Å². The van der Waals surface area contributed by atoms with E-state index in [1.54, 1.807) is 26.0 Å². The third-order valence-electron chi connectivity index (χ3n) is 4.09. The molecule has 124 valence electrons. The minimum atomic E-state index is -0.491. The molecule has 3 rings (SSSR count). The van der Waals surface area contributed by atoms with E-state index in [0.717, 1.165) is 11.1 Å². The van der Waals surface area contributed by atoms with Gasteiger partial charge in [-0.1, -0.05) is 12.1 Å². The summed E-state index contributed by atoms with van der Waals surface area (Å²) >= 11 is 0. The summed E-state index contributed by atoms with van der Waals surface area (Å²) in [6.07, 6.45) is 0. The maximum Gasteiger partial charge on any atom is 0.342 e. The first kappa shape index (κ1) is 16.0. The molecule has 3 aromatic rings. The van der Waals surface area contributed by atoms with Gasteiger partial charge in [-0.3, -0.25) is 4.79 Å². The summed E-state index contributed by atoms with van der Waals surface area (Å²) in [7, 11) is 0. The molecule has 0 amide bonds. The van der Waals surface area contributed by atoms with Crippen molar-refractivity contribution in [1.82, 2.24) is 9.97 Å². The standard InChI is InChI=1S/C18H18N2O4/c1-9-6-5-7-13-16(9)19-14(20-17(13)21)8-23-18(22)15-10(2)11(3)24-12(15)4/h5-7H,8H2,1-4H3,(H,19,20,21). The van der Waals surface area contributed by atoms with Crippen molar-refractivity contribution < 1.29 is 13.9 Å². The number of fused-ring (bicyclic) bond motifs is 1. The molecule has 0 aliphatic carbocycles. The number of carbonyl (C=O) groups excluding carboxylic acids is 1. The lowest BCUT2D eigenvalue weighted by Crippen LogP contribution is -2.15. The average molecular weight is 326 g/mol. The van der Waals surface area contributed by atoms with Gasteiger partial charge in [0.1, 0.15) is 29.5 Å². The zero-order valence-electron chi connectivity index (χ0n) is 14.0. The predicted octanol–water partition coefficient (Wildman–Crippen LogP) is 3.11. The van der Waals surface area contributed by atoms with Gasteiger partial charge < -0.3 is 14.1 Å². The third kappa shape index (κ3) is 2.71. The molecule has 0 aliphatic heterocycles. The van der Waals surface area contributed by atoms with E-state index in [4.69, 9.17) is 9.15 Å². The van der Waals surface area contributed by atoms with Gasteiger partial charge in [-0.15, -0.1) is 0 Å². The molecule has 0 atom stereocenters. The minimum Gasteiger partial charge on any atom is -0.465 e. The van der Waals surface area contributed by atoms with E-state index in [-0.39, 0.29) is 12.2 Å². The molecule has 2 heterocycles. The van der Waals surface area contributed by atoms with Gasteiger partial charge in [0.25, 0.3) is 5.56 Å². The van der Waals surface area contributed by atoms with Crippen molar-refractivity contribution >= 4 is 16.9 Å². The Hall–Kier alpha value is -2.89. The molecule has 0 bridgehead atoms. The topological polar surface area (TPSA) is 85.2 Å². The number of furan rings is 1. The Bertz CT molecular complexity index is 998. The smallest absolute Gasteiger partial charge is 0.342 e. The molecule has 1 N–H and O–H groups in total. The van der Waals surface area contributed by atoms with Crippen molar-refractivity contribution in [2.24, 2.45) is 0 Å². The number of hydrogen-bond acceptors (Lipinski definition) is 5. The number of esters is 1. The Morgan fingerprint density at radius 1 is 1.21 bits per heavy atom. The quantitative estimate of drug-likeness (QED) is 0.748. The van der Waals surface area contributed by atoms with Crippen LogP contribution in [0.4, 0.5) is 0 Å². The molecule has 2 aromatic heterocycles. The van der Waals surface area contributed by atoms with Crippen LogP contribution in [0, 0.1) is 27.7 Å². The fraction of sp³-hybridized carbons (Fsp3) is 0.278. The Morgan fingerprint density at radius 2 is 1.96 bits per heavy atom. The number of ether oxygens (including phenoxy) is 1. The van der Waals surface area contributed by atoms with Crippen LogP contribution in [-0.4, -0.2) is 15.9 Å². The van der Waals surface area contributed by atoms with Gasteiger partial charge in [-0.2, -0.15) is 0 Å². The number of aromatic amines is 1. The molecule has 0 radical (unpaired) electrons. The predicted molar refractivity (Wildman–Crippen MR) is 89.1 cm³/mol. The van der Waals surface area contributed by atoms with Crippen molar-refractivity contribution in [3.63, 3.8) is 0 Å². The molecule has 0 aliphatic rings. The van der Waals surface area contributed by atoms with Crippen LogP contribution < -0.4 is 5.56 Å². The highest BCUT2D eigenvalue weighted by molar-refractivity contribution is 5.92. The Labute approximate surface area is 138 Å². The zero-order chi connectivity index (χ0) is 17.4. The number of H-pyrrole nitrogens is 1. The molecule has 6 heteroatoms. The number of nitrogens with one attached hydrogen (secondary N) is 1. The number of aromatic nitrogens is 2. The number of benzene rings is 1. The van der Waals surface area contributed by atoms with Crippen LogP contribution in [0.1, 0.15) is 38.8 Å². The second-order valence-corrected chi connectivity index (χ2v) is 5.77. The molecular weight excluding hydrogens is 308 g/mol. The highest BCUT2D eigenvalue weighted by Crippen LogP contribution is 2.22. The van der Waals surface area contributed by atoms with Gasteiger partial charge in [0.15, 0.2) is 0 Å². The zero-order valence-corrected chi connectivity index (χ0v) is 14.0. The van der Waals surface area contributed by atoms with Crippen molar-refractivity contribution in [1.29, 1.82) is 0 Å². The first-order valence-electron chi connectivity index (χ1n) is 7.60. The van der Waals surface area contributed by atoms with E-state index >= 15 is 0 Å². The van der Waals surface area contributed by atoms with Gasteiger partial charge in [0.05, 0.1) is 10.9 Å². The summed E-state index contributed by atoms with van der Waals surface area (Å²) in [6.45, 7) is 7.09. The van der Waals surface area contributed by atoms with E-state index in [2.05, 4.69) is 9.97 Å². The lowest BCUT2D eigenvalue weighted by molar-refractivity contribution is 0.0459. The Morgan fingerprint density at radius 3 is 2.62 bits per heavy atom. The number of rotatable bonds is 3. The first-order chi connectivity index (χ1) is 11.4. The molecule has 0 fully saturated rings. The lowest BCUT2D eigenvalue weighted by atomic mass is 10.1. The van der Waals surface area contributed by atoms with Crippen LogP contribution in [0.15, 0.2) is 27.4 Å². The molecule has 0 spiro atoms. The number of hydrogen-bond donors (Lipinski definition) is 1. The monoisotopic (exact) mass is 326 g/mol. The summed E-state index contributed by atoms with van der Waals surface area (Å²) in [5.41, 5.74) is 2.43. The Balaban J connectivity index is 1.87. The van der Waals surface area contributed by atoms with E-state index < -0.39 is 5.97 Å². The first-order valence-corrected chi connectivity index (χ1v) is 7.60. The lowest BCUT2D eigenvalue weighted by Gasteiger charge is -2.07. The molecule has 24 heavy (non-hydrogen) atoms. The highest BCUT2D eigenvalue weighted by Gasteiger charge is 2.20. The molecule has 0 saturated heterocycles. The molecule has 6 nitrogen and oxygen atoms in total. The molecule has 1 aromatic carbocycles. The molecule has 0 saturated carbocycles. The van der Waals surface area contributed by atoms with Gasteiger partial charge in [-0.05, 0) is 39.3 Å². The third-order valence-corrected chi connectivity index (χ3v) is 4.09. The largest absolute Gasteiger partial charge is 0.465 e. The second kappa shape index (κ2) is 5.96. The van der Waals surface area contributed by atoms with E-state index in [1.165, 1.54) is 0 Å². The van der Waals surface area contributed by atoms with Crippen molar-refractivity contribution in [3.8, 4) is 0 Å². The molecule has 0 unspecified atom stereocenters. The summed E-state index contributed by atoms with van der Waals surface area (Å²) in [5.74, 6) is 1.03. The maximum atomic E-state index is 12.3. The fourth-order valence-electron chi connectivity index (χ4n) is 2.72.